The van der Waals surface area contributed by atoms with E-state index in [1.54, 1.807) is 19.1 Å². The molecule has 1 heterocycles. The largest absolute Gasteiger partial charge is 0.452 e. The molecule has 0 fully saturated rings. The van der Waals surface area contributed by atoms with E-state index < -0.39 is 18.0 Å². The van der Waals surface area contributed by atoms with Crippen molar-refractivity contribution in [2.75, 3.05) is 22.1 Å². The Balaban J connectivity index is 1.68. The molecule has 0 bridgehead atoms. The molecular weight excluding hydrogens is 370 g/mol. The van der Waals surface area contributed by atoms with Crippen LogP contribution in [0.1, 0.15) is 18.2 Å². The second kappa shape index (κ2) is 9.77. The van der Waals surface area contributed by atoms with Gasteiger partial charge in [-0.15, -0.1) is 11.8 Å². The summed E-state index contributed by atoms with van der Waals surface area (Å²) in [7, 11) is 0. The van der Waals surface area contributed by atoms with Crippen LogP contribution in [0.15, 0.2) is 34.9 Å². The summed E-state index contributed by atoms with van der Waals surface area (Å²) in [6, 6.07) is 8.90. The van der Waals surface area contributed by atoms with Crippen molar-refractivity contribution >= 4 is 41.1 Å². The molecule has 2 rings (SSSR count). The fourth-order valence-electron chi connectivity index (χ4n) is 2.08. The van der Waals surface area contributed by atoms with Gasteiger partial charge in [0.2, 0.25) is 5.91 Å². The van der Waals surface area contributed by atoms with Crippen molar-refractivity contribution in [3.05, 3.63) is 41.7 Å². The number of nitrogens with zero attached hydrogens (tertiary/aromatic N) is 1. The lowest BCUT2D eigenvalue weighted by Crippen LogP contribution is -2.30. The molecule has 1 aromatic heterocycles. The number of anilines is 2. The number of nitrogens with one attached hydrogen (secondary N) is 2. The Morgan fingerprint density at radius 3 is 2.63 bits per heavy atom. The van der Waals surface area contributed by atoms with Gasteiger partial charge in [0.25, 0.3) is 5.91 Å². The lowest BCUT2D eigenvalue weighted by atomic mass is 10.2. The first-order chi connectivity index (χ1) is 12.8. The van der Waals surface area contributed by atoms with E-state index in [2.05, 4.69) is 15.8 Å². The molecule has 0 aliphatic carbocycles. The van der Waals surface area contributed by atoms with Crippen molar-refractivity contribution in [3.63, 3.8) is 0 Å². The topological polar surface area (TPSA) is 111 Å². The van der Waals surface area contributed by atoms with Crippen molar-refractivity contribution in [3.8, 4) is 0 Å². The minimum absolute atomic E-state index is 0.0465. The van der Waals surface area contributed by atoms with Gasteiger partial charge < -0.3 is 19.9 Å². The molecule has 9 heteroatoms. The van der Waals surface area contributed by atoms with E-state index in [9.17, 15) is 14.4 Å². The monoisotopic (exact) mass is 391 g/mol. The van der Waals surface area contributed by atoms with Crippen LogP contribution in [0.5, 0.6) is 0 Å². The Morgan fingerprint density at radius 2 is 1.96 bits per heavy atom. The summed E-state index contributed by atoms with van der Waals surface area (Å²) in [6.45, 7) is 5.12. The number of aromatic nitrogens is 1. The van der Waals surface area contributed by atoms with Gasteiger partial charge in [-0.1, -0.05) is 17.3 Å². The number of carbonyl (C=O) groups excluding carboxylic acids is 3. The Morgan fingerprint density at radius 1 is 1.19 bits per heavy atom. The highest BCUT2D eigenvalue weighted by molar-refractivity contribution is 8.00. The molecule has 0 aliphatic heterocycles. The number of thioether (sulfide) groups is 1. The van der Waals surface area contributed by atoms with E-state index in [1.165, 1.54) is 6.92 Å². The quantitative estimate of drug-likeness (QED) is 0.665. The molecule has 0 saturated carbocycles. The maximum atomic E-state index is 12.1. The normalized spacial score (nSPS) is 11.5. The fraction of sp³-hybridized carbons (Fsp3) is 0.333. The highest BCUT2D eigenvalue weighted by atomic mass is 32.2. The van der Waals surface area contributed by atoms with Gasteiger partial charge in [-0.25, -0.2) is 0 Å². The Hall–Kier alpha value is -2.81. The smallest absolute Gasteiger partial charge is 0.316 e. The molecule has 1 atom stereocenters. The van der Waals surface area contributed by atoms with Crippen LogP contribution in [-0.4, -0.2) is 40.6 Å². The van der Waals surface area contributed by atoms with Gasteiger partial charge in [-0.05, 0) is 38.5 Å². The van der Waals surface area contributed by atoms with Crippen molar-refractivity contribution < 1.29 is 23.6 Å². The van der Waals surface area contributed by atoms with Gasteiger partial charge >= 0.3 is 5.97 Å². The molecule has 0 aliphatic rings. The average Bonchev–Trinajstić information content (AvgIpc) is 2.99. The molecule has 0 spiro atoms. The predicted octanol–water partition coefficient (Wildman–Crippen LogP) is 2.53. The SMILES string of the molecule is Cc1cccc(NC(=O)[C@H](C)OC(=O)CSCC(=O)Nc2cc(C)on2)c1. The van der Waals surface area contributed by atoms with Gasteiger partial charge in [0.15, 0.2) is 11.9 Å². The van der Waals surface area contributed by atoms with Crippen molar-refractivity contribution in [2.24, 2.45) is 0 Å². The summed E-state index contributed by atoms with van der Waals surface area (Å²) >= 11 is 1.08. The minimum Gasteiger partial charge on any atom is -0.452 e. The van der Waals surface area contributed by atoms with Crippen LogP contribution in [0.2, 0.25) is 0 Å². The molecule has 2 aromatic rings. The number of aryl methyl sites for hydroxylation is 2. The molecule has 0 saturated heterocycles. The van der Waals surface area contributed by atoms with Crippen LogP contribution in [0, 0.1) is 13.8 Å². The maximum Gasteiger partial charge on any atom is 0.316 e. The first-order valence-corrected chi connectivity index (χ1v) is 9.37. The van der Waals surface area contributed by atoms with Crippen LogP contribution in [0.4, 0.5) is 11.5 Å². The molecule has 27 heavy (non-hydrogen) atoms. The Kier molecular flexibility index (Phi) is 7.42. The van der Waals surface area contributed by atoms with Gasteiger partial charge in [-0.2, -0.15) is 0 Å². The predicted molar refractivity (Wildman–Crippen MR) is 103 cm³/mol. The number of hydrogen-bond donors (Lipinski definition) is 2. The van der Waals surface area contributed by atoms with E-state index in [1.807, 2.05) is 25.1 Å². The first kappa shape index (κ1) is 20.5. The lowest BCUT2D eigenvalue weighted by Gasteiger charge is -2.13. The van der Waals surface area contributed by atoms with E-state index in [0.29, 0.717) is 17.3 Å². The molecule has 0 radical (unpaired) electrons. The molecule has 0 unspecified atom stereocenters. The van der Waals surface area contributed by atoms with Crippen LogP contribution in [0.25, 0.3) is 0 Å². The third-order valence-electron chi connectivity index (χ3n) is 3.31. The number of carbonyl (C=O) groups is 3. The van der Waals surface area contributed by atoms with Crippen LogP contribution in [-0.2, 0) is 19.1 Å². The maximum absolute atomic E-state index is 12.1. The zero-order valence-electron chi connectivity index (χ0n) is 15.3. The molecular formula is C18H21N3O5S. The fourth-order valence-corrected chi connectivity index (χ4v) is 2.68. The summed E-state index contributed by atoms with van der Waals surface area (Å²) in [5.74, 6) is -0.402. The second-order valence-corrected chi connectivity index (χ2v) is 6.84. The average molecular weight is 391 g/mol. The third-order valence-corrected chi connectivity index (χ3v) is 4.22. The zero-order valence-corrected chi connectivity index (χ0v) is 16.1. The van der Waals surface area contributed by atoms with Crippen molar-refractivity contribution in [1.82, 2.24) is 5.16 Å². The molecule has 144 valence electrons. The summed E-state index contributed by atoms with van der Waals surface area (Å²) in [5, 5.41) is 8.88. The van der Waals surface area contributed by atoms with E-state index >= 15 is 0 Å². The first-order valence-electron chi connectivity index (χ1n) is 8.21. The zero-order chi connectivity index (χ0) is 19.8. The number of esters is 1. The van der Waals surface area contributed by atoms with E-state index in [4.69, 9.17) is 9.26 Å². The van der Waals surface area contributed by atoms with Crippen molar-refractivity contribution in [2.45, 2.75) is 26.9 Å². The summed E-state index contributed by atoms with van der Waals surface area (Å²) in [4.78, 5) is 35.6. The van der Waals surface area contributed by atoms with Gasteiger partial charge in [0.05, 0.1) is 11.5 Å². The highest BCUT2D eigenvalue weighted by Crippen LogP contribution is 2.11. The number of amides is 2. The number of benzene rings is 1. The van der Waals surface area contributed by atoms with E-state index in [-0.39, 0.29) is 17.4 Å². The number of ether oxygens (including phenoxy) is 1. The number of hydrogen-bond acceptors (Lipinski definition) is 7. The summed E-state index contributed by atoms with van der Waals surface area (Å²) in [5.41, 5.74) is 1.64. The standard InChI is InChI=1S/C18H21N3O5S/c1-11-5-4-6-14(7-11)19-18(24)13(3)25-17(23)10-27-9-16(22)20-15-8-12(2)26-21-15/h4-8,13H,9-10H2,1-3H3,(H,19,24)(H,20,21,22)/t13-/m0/s1. The van der Waals surface area contributed by atoms with E-state index in [0.717, 1.165) is 17.3 Å². The summed E-state index contributed by atoms with van der Waals surface area (Å²) in [6.07, 6.45) is -0.939. The Bertz CT molecular complexity index is 821. The minimum atomic E-state index is -0.939. The van der Waals surface area contributed by atoms with Crippen LogP contribution < -0.4 is 10.6 Å². The third kappa shape index (κ3) is 7.14. The molecule has 2 amide bonds. The lowest BCUT2D eigenvalue weighted by molar-refractivity contribution is -0.150. The van der Waals surface area contributed by atoms with Gasteiger partial charge in [0, 0.05) is 11.8 Å². The second-order valence-electron chi connectivity index (χ2n) is 5.85. The Labute approximate surface area is 161 Å². The van der Waals surface area contributed by atoms with Gasteiger partial charge in [-0.3, -0.25) is 14.4 Å². The number of rotatable bonds is 8. The van der Waals surface area contributed by atoms with Gasteiger partial charge in [0.1, 0.15) is 5.76 Å². The highest BCUT2D eigenvalue weighted by Gasteiger charge is 2.18. The summed E-state index contributed by atoms with van der Waals surface area (Å²) < 4.78 is 9.93. The van der Waals surface area contributed by atoms with Crippen LogP contribution in [0.3, 0.4) is 0 Å². The molecule has 8 nitrogen and oxygen atoms in total. The van der Waals surface area contributed by atoms with Crippen LogP contribution >= 0.6 is 11.8 Å². The molecule has 1 aromatic carbocycles. The van der Waals surface area contributed by atoms with Crippen molar-refractivity contribution in [1.29, 1.82) is 0 Å². The molecule has 2 N–H and O–H groups in total.